The van der Waals surface area contributed by atoms with E-state index in [1.54, 1.807) is 12.4 Å². The third kappa shape index (κ3) is 4.49. The largest absolute Gasteiger partial charge is 0.348 e. The maximum Gasteiger partial charge on any atom is 0.253 e. The van der Waals surface area contributed by atoms with E-state index in [1.807, 2.05) is 35.0 Å². The minimum absolute atomic E-state index is 0.0724. The Bertz CT molecular complexity index is 1170. The number of benzene rings is 2. The van der Waals surface area contributed by atoms with Gasteiger partial charge in [0.2, 0.25) is 0 Å². The topological polar surface area (TPSA) is 63.1 Å². The van der Waals surface area contributed by atoms with E-state index >= 15 is 0 Å². The second-order valence-corrected chi connectivity index (χ2v) is 8.10. The number of aromatic nitrogens is 3. The van der Waals surface area contributed by atoms with Gasteiger partial charge in [-0.15, -0.1) is 0 Å². The van der Waals surface area contributed by atoms with Crippen LogP contribution in [0.2, 0.25) is 0 Å². The summed E-state index contributed by atoms with van der Waals surface area (Å²) in [6, 6.07) is 22.7. The molecule has 2 aromatic heterocycles. The van der Waals surface area contributed by atoms with Crippen molar-refractivity contribution in [1.29, 1.82) is 0 Å². The van der Waals surface area contributed by atoms with E-state index in [0.717, 1.165) is 42.7 Å². The van der Waals surface area contributed by atoms with Crippen molar-refractivity contribution < 1.29 is 4.79 Å². The molecule has 1 atom stereocenters. The summed E-state index contributed by atoms with van der Waals surface area (Å²) in [5.74, 6) is -0.0724. The van der Waals surface area contributed by atoms with Crippen LogP contribution in [0.25, 0.3) is 11.0 Å². The first-order valence-corrected chi connectivity index (χ1v) is 10.7. The molecule has 0 unspecified atom stereocenters. The van der Waals surface area contributed by atoms with Gasteiger partial charge in [-0.3, -0.25) is 9.69 Å². The van der Waals surface area contributed by atoms with E-state index in [4.69, 9.17) is 0 Å². The fourth-order valence-electron chi connectivity index (χ4n) is 4.17. The van der Waals surface area contributed by atoms with Gasteiger partial charge in [-0.25, -0.2) is 9.67 Å². The first kappa shape index (κ1) is 19.5. The summed E-state index contributed by atoms with van der Waals surface area (Å²) in [6.45, 7) is 3.43. The van der Waals surface area contributed by atoms with Gasteiger partial charge in [-0.05, 0) is 23.6 Å². The van der Waals surface area contributed by atoms with Crippen molar-refractivity contribution in [2.45, 2.75) is 25.6 Å². The van der Waals surface area contributed by atoms with Gasteiger partial charge in [0.15, 0.2) is 5.65 Å². The highest BCUT2D eigenvalue weighted by molar-refractivity contribution is 5.97. The highest BCUT2D eigenvalue weighted by Crippen LogP contribution is 2.17. The number of carbonyl (C=O) groups is 1. The van der Waals surface area contributed by atoms with Crippen LogP contribution in [0.5, 0.6) is 0 Å². The average Bonchev–Trinajstić information content (AvgIpc) is 3.41. The summed E-state index contributed by atoms with van der Waals surface area (Å²) in [5.41, 5.74) is 3.83. The molecule has 156 valence electrons. The number of hydrogen-bond acceptors (Lipinski definition) is 4. The van der Waals surface area contributed by atoms with Crippen molar-refractivity contribution in [2.75, 3.05) is 13.1 Å². The lowest BCUT2D eigenvalue weighted by molar-refractivity contribution is 0.0937. The van der Waals surface area contributed by atoms with E-state index < -0.39 is 0 Å². The predicted molar refractivity (Wildman–Crippen MR) is 121 cm³/mol. The van der Waals surface area contributed by atoms with Crippen LogP contribution < -0.4 is 5.32 Å². The van der Waals surface area contributed by atoms with E-state index in [2.05, 4.69) is 56.7 Å². The number of rotatable bonds is 6. The molecule has 6 nitrogen and oxygen atoms in total. The number of nitrogens with one attached hydrogen (secondary N) is 1. The fraction of sp³-hybridized carbons (Fsp3) is 0.240. The summed E-state index contributed by atoms with van der Waals surface area (Å²) in [6.07, 6.45) is 4.39. The van der Waals surface area contributed by atoms with Gasteiger partial charge in [-0.2, -0.15) is 5.10 Å². The minimum atomic E-state index is -0.0724. The molecule has 1 saturated heterocycles. The molecule has 31 heavy (non-hydrogen) atoms. The van der Waals surface area contributed by atoms with Crippen molar-refractivity contribution in [2.24, 2.45) is 0 Å². The Morgan fingerprint density at radius 2 is 1.68 bits per heavy atom. The van der Waals surface area contributed by atoms with Gasteiger partial charge in [0.05, 0.1) is 18.3 Å². The van der Waals surface area contributed by atoms with Gasteiger partial charge in [0, 0.05) is 37.3 Å². The third-order valence-electron chi connectivity index (χ3n) is 5.77. The van der Waals surface area contributed by atoms with Crippen LogP contribution in [-0.4, -0.2) is 44.7 Å². The number of hydrogen-bond donors (Lipinski definition) is 1. The average molecular weight is 412 g/mol. The molecule has 0 spiro atoms. The molecule has 1 fully saturated rings. The molecule has 0 bridgehead atoms. The molecule has 4 aromatic rings. The number of likely N-dealkylation sites (tertiary alicyclic amines) is 1. The second kappa shape index (κ2) is 8.70. The number of carbonyl (C=O) groups excluding carboxylic acids is 1. The summed E-state index contributed by atoms with van der Waals surface area (Å²) in [5, 5.41) is 8.51. The zero-order valence-electron chi connectivity index (χ0n) is 17.3. The number of pyridine rings is 1. The first-order valence-electron chi connectivity index (χ1n) is 10.7. The van der Waals surface area contributed by atoms with Gasteiger partial charge < -0.3 is 5.32 Å². The van der Waals surface area contributed by atoms with Crippen LogP contribution in [-0.2, 0) is 13.1 Å². The highest BCUT2D eigenvalue weighted by atomic mass is 16.1. The molecule has 6 heteroatoms. The second-order valence-electron chi connectivity index (χ2n) is 8.10. The van der Waals surface area contributed by atoms with Crippen molar-refractivity contribution in [3.63, 3.8) is 0 Å². The molecule has 3 heterocycles. The lowest BCUT2D eigenvalue weighted by Crippen LogP contribution is -2.37. The molecule has 5 rings (SSSR count). The smallest absolute Gasteiger partial charge is 0.253 e. The molecule has 1 aliphatic rings. The van der Waals surface area contributed by atoms with Crippen molar-refractivity contribution in [3.05, 3.63) is 95.8 Å². The van der Waals surface area contributed by atoms with Crippen LogP contribution in [0.15, 0.2) is 79.1 Å². The maximum absolute atomic E-state index is 12.8. The molecular formula is C25H25N5O. The quantitative estimate of drug-likeness (QED) is 0.528. The predicted octanol–water partition coefficient (Wildman–Crippen LogP) is 3.48. The van der Waals surface area contributed by atoms with Crippen molar-refractivity contribution >= 4 is 16.9 Å². The monoisotopic (exact) mass is 411 g/mol. The Kier molecular flexibility index (Phi) is 5.46. The Labute approximate surface area is 181 Å². The maximum atomic E-state index is 12.8. The molecule has 0 saturated carbocycles. The van der Waals surface area contributed by atoms with E-state index in [-0.39, 0.29) is 11.9 Å². The lowest BCUT2D eigenvalue weighted by atomic mass is 10.2. The molecule has 0 radical (unpaired) electrons. The SMILES string of the molecule is O=C(N[C@@H]1CCN(Cc2ccccc2)C1)c1cnc2c(cnn2Cc2ccccc2)c1. The Hall–Kier alpha value is -3.51. The summed E-state index contributed by atoms with van der Waals surface area (Å²) < 4.78 is 1.87. The minimum Gasteiger partial charge on any atom is -0.348 e. The lowest BCUT2D eigenvalue weighted by Gasteiger charge is -2.16. The van der Waals surface area contributed by atoms with Crippen LogP contribution in [0.4, 0.5) is 0 Å². The van der Waals surface area contributed by atoms with Gasteiger partial charge >= 0.3 is 0 Å². The Morgan fingerprint density at radius 1 is 0.968 bits per heavy atom. The highest BCUT2D eigenvalue weighted by Gasteiger charge is 2.24. The molecule has 1 N–H and O–H groups in total. The normalized spacial score (nSPS) is 16.6. The third-order valence-corrected chi connectivity index (χ3v) is 5.77. The standard InChI is InChI=1S/C25H25N5O/c31-25(28-23-11-12-29(18-23)16-19-7-3-1-4-8-19)22-13-21-15-27-30(24(21)26-14-22)17-20-9-5-2-6-10-20/h1-10,13-15,23H,11-12,16-18H2,(H,28,31)/t23-/m1/s1. The van der Waals surface area contributed by atoms with Gasteiger partial charge in [0.1, 0.15) is 0 Å². The molecule has 0 aliphatic carbocycles. The summed E-state index contributed by atoms with van der Waals surface area (Å²) in [4.78, 5) is 19.7. The Morgan fingerprint density at radius 3 is 2.42 bits per heavy atom. The van der Waals surface area contributed by atoms with Crippen LogP contribution >= 0.6 is 0 Å². The van der Waals surface area contributed by atoms with Crippen LogP contribution in [0.1, 0.15) is 27.9 Å². The molecular weight excluding hydrogens is 386 g/mol. The van der Waals surface area contributed by atoms with E-state index in [1.165, 1.54) is 5.56 Å². The zero-order chi connectivity index (χ0) is 21.0. The van der Waals surface area contributed by atoms with E-state index in [9.17, 15) is 4.79 Å². The fourth-order valence-corrected chi connectivity index (χ4v) is 4.17. The van der Waals surface area contributed by atoms with Gasteiger partial charge in [0.25, 0.3) is 5.91 Å². The van der Waals surface area contributed by atoms with Crippen molar-refractivity contribution in [1.82, 2.24) is 25.0 Å². The van der Waals surface area contributed by atoms with Gasteiger partial charge in [-0.1, -0.05) is 60.7 Å². The molecule has 1 aliphatic heterocycles. The summed E-state index contributed by atoms with van der Waals surface area (Å²) >= 11 is 0. The van der Waals surface area contributed by atoms with E-state index in [0.29, 0.717) is 12.1 Å². The number of nitrogens with zero attached hydrogens (tertiary/aromatic N) is 4. The van der Waals surface area contributed by atoms with Crippen LogP contribution in [0, 0.1) is 0 Å². The molecule has 2 aromatic carbocycles. The van der Waals surface area contributed by atoms with Crippen LogP contribution in [0.3, 0.4) is 0 Å². The number of amides is 1. The number of fused-ring (bicyclic) bond motifs is 1. The Balaban J connectivity index is 1.22. The zero-order valence-corrected chi connectivity index (χ0v) is 17.3. The molecule has 1 amide bonds. The van der Waals surface area contributed by atoms with Crippen molar-refractivity contribution in [3.8, 4) is 0 Å². The summed E-state index contributed by atoms with van der Waals surface area (Å²) in [7, 11) is 0. The first-order chi connectivity index (χ1) is 15.2.